The molecule has 0 radical (unpaired) electrons. The van der Waals surface area contributed by atoms with Crippen LogP contribution in [0.2, 0.25) is 0 Å². The Balaban J connectivity index is 2.09. The first-order chi connectivity index (χ1) is 10.0. The van der Waals surface area contributed by atoms with Crippen molar-refractivity contribution in [1.82, 2.24) is 4.90 Å². The zero-order chi connectivity index (χ0) is 15.4. The third-order valence-corrected chi connectivity index (χ3v) is 3.81. The van der Waals surface area contributed by atoms with Gasteiger partial charge in [0.05, 0.1) is 0 Å². The van der Waals surface area contributed by atoms with E-state index in [1.807, 2.05) is 18.9 Å². The van der Waals surface area contributed by atoms with Gasteiger partial charge in [-0.2, -0.15) is 0 Å². The quantitative estimate of drug-likeness (QED) is 0.910. The molecule has 0 fully saturated rings. The van der Waals surface area contributed by atoms with Gasteiger partial charge in [-0.3, -0.25) is 4.90 Å². The fourth-order valence-electron chi connectivity index (χ4n) is 2.39. The van der Waals surface area contributed by atoms with Crippen LogP contribution in [0.25, 0.3) is 0 Å². The van der Waals surface area contributed by atoms with Crippen molar-refractivity contribution < 1.29 is 8.78 Å². The first-order valence-corrected chi connectivity index (χ1v) is 6.95. The third-order valence-electron chi connectivity index (χ3n) is 3.81. The molecule has 0 aliphatic carbocycles. The Morgan fingerprint density at radius 2 is 1.43 bits per heavy atom. The second kappa shape index (κ2) is 6.78. The van der Waals surface area contributed by atoms with E-state index < -0.39 is 6.04 Å². The monoisotopic (exact) mass is 290 g/mol. The van der Waals surface area contributed by atoms with Crippen LogP contribution in [0.3, 0.4) is 0 Å². The number of halogens is 2. The molecule has 21 heavy (non-hydrogen) atoms. The van der Waals surface area contributed by atoms with Gasteiger partial charge in [0.2, 0.25) is 0 Å². The van der Waals surface area contributed by atoms with E-state index in [1.54, 1.807) is 36.4 Å². The second-order valence-electron chi connectivity index (χ2n) is 5.27. The van der Waals surface area contributed by atoms with Crippen LogP contribution in [-0.4, -0.2) is 18.5 Å². The van der Waals surface area contributed by atoms with Gasteiger partial charge in [-0.1, -0.05) is 36.4 Å². The van der Waals surface area contributed by atoms with Crippen molar-refractivity contribution in [2.24, 2.45) is 5.73 Å². The van der Waals surface area contributed by atoms with Gasteiger partial charge in [0.15, 0.2) is 0 Å². The minimum Gasteiger partial charge on any atom is -0.323 e. The van der Waals surface area contributed by atoms with Gasteiger partial charge >= 0.3 is 0 Å². The Bertz CT molecular complexity index is 601. The molecule has 2 unspecified atom stereocenters. The summed E-state index contributed by atoms with van der Waals surface area (Å²) in [5.41, 5.74) is 7.16. The van der Waals surface area contributed by atoms with Crippen LogP contribution in [0, 0.1) is 11.6 Å². The van der Waals surface area contributed by atoms with Crippen LogP contribution in [-0.2, 0) is 0 Å². The smallest absolute Gasteiger partial charge is 0.128 e. The zero-order valence-corrected chi connectivity index (χ0v) is 12.3. The van der Waals surface area contributed by atoms with E-state index in [2.05, 4.69) is 0 Å². The number of hydrogen-bond donors (Lipinski definition) is 1. The molecule has 0 saturated heterocycles. The summed E-state index contributed by atoms with van der Waals surface area (Å²) in [4.78, 5) is 1.93. The molecule has 0 aliphatic rings. The molecule has 0 bridgehead atoms. The van der Waals surface area contributed by atoms with Crippen molar-refractivity contribution in [1.29, 1.82) is 0 Å². The van der Waals surface area contributed by atoms with E-state index in [0.717, 1.165) is 0 Å². The van der Waals surface area contributed by atoms with Crippen molar-refractivity contribution in [3.63, 3.8) is 0 Å². The first kappa shape index (κ1) is 15.6. The molecule has 2 rings (SSSR count). The average Bonchev–Trinajstić information content (AvgIpc) is 2.47. The molecule has 112 valence electrons. The van der Waals surface area contributed by atoms with E-state index in [4.69, 9.17) is 5.73 Å². The van der Waals surface area contributed by atoms with Gasteiger partial charge in [-0.15, -0.1) is 0 Å². The molecular weight excluding hydrogens is 270 g/mol. The summed E-state index contributed by atoms with van der Waals surface area (Å²) >= 11 is 0. The van der Waals surface area contributed by atoms with E-state index in [1.165, 1.54) is 12.1 Å². The molecule has 0 aromatic heterocycles. The first-order valence-electron chi connectivity index (χ1n) is 6.95. The van der Waals surface area contributed by atoms with E-state index in [-0.39, 0.29) is 17.7 Å². The summed E-state index contributed by atoms with van der Waals surface area (Å²) in [6, 6.07) is 12.6. The Morgan fingerprint density at radius 1 is 0.952 bits per heavy atom. The van der Waals surface area contributed by atoms with Crippen molar-refractivity contribution in [2.45, 2.75) is 19.0 Å². The molecule has 0 amide bonds. The third kappa shape index (κ3) is 3.65. The largest absolute Gasteiger partial charge is 0.323 e. The van der Waals surface area contributed by atoms with Gasteiger partial charge < -0.3 is 5.73 Å². The SMILES string of the molecule is CC(c1ccccc1F)N(C)CC(N)c1ccccc1F. The lowest BCUT2D eigenvalue weighted by Crippen LogP contribution is -2.32. The molecule has 2 aromatic carbocycles. The van der Waals surface area contributed by atoms with Crippen LogP contribution >= 0.6 is 0 Å². The second-order valence-corrected chi connectivity index (χ2v) is 5.27. The van der Waals surface area contributed by atoms with Crippen LogP contribution < -0.4 is 5.73 Å². The van der Waals surface area contributed by atoms with Crippen molar-refractivity contribution >= 4 is 0 Å². The standard InChI is InChI=1S/C17H20F2N2/c1-12(13-7-3-5-9-15(13)18)21(2)11-17(20)14-8-4-6-10-16(14)19/h3-10,12,17H,11,20H2,1-2H3. The fourth-order valence-corrected chi connectivity index (χ4v) is 2.39. The number of nitrogens with two attached hydrogens (primary N) is 1. The maximum atomic E-state index is 13.8. The molecule has 0 saturated carbocycles. The van der Waals surface area contributed by atoms with Crippen LogP contribution in [0.15, 0.2) is 48.5 Å². The van der Waals surface area contributed by atoms with E-state index in [0.29, 0.717) is 17.7 Å². The molecule has 0 heterocycles. The van der Waals surface area contributed by atoms with Crippen molar-refractivity contribution in [2.75, 3.05) is 13.6 Å². The maximum Gasteiger partial charge on any atom is 0.128 e. The topological polar surface area (TPSA) is 29.3 Å². The predicted octanol–water partition coefficient (Wildman–Crippen LogP) is 3.66. The molecule has 0 aliphatic heterocycles. The minimum atomic E-state index is -0.453. The zero-order valence-electron chi connectivity index (χ0n) is 12.3. The Hall–Kier alpha value is -1.78. The summed E-state index contributed by atoms with van der Waals surface area (Å²) in [5.74, 6) is -0.548. The number of likely N-dealkylation sites (N-methyl/N-ethyl adjacent to an activating group) is 1. The van der Waals surface area contributed by atoms with Gasteiger partial charge in [0, 0.05) is 29.8 Å². The minimum absolute atomic E-state index is 0.135. The Kier molecular flexibility index (Phi) is 5.04. The lowest BCUT2D eigenvalue weighted by Gasteiger charge is -2.28. The number of hydrogen-bond acceptors (Lipinski definition) is 2. The summed E-state index contributed by atoms with van der Waals surface area (Å²) in [7, 11) is 1.86. The average molecular weight is 290 g/mol. The molecule has 2 N–H and O–H groups in total. The van der Waals surface area contributed by atoms with Gasteiger partial charge in [-0.05, 0) is 26.1 Å². The van der Waals surface area contributed by atoms with Crippen LogP contribution in [0.5, 0.6) is 0 Å². The molecule has 2 aromatic rings. The van der Waals surface area contributed by atoms with Gasteiger partial charge in [0.25, 0.3) is 0 Å². The van der Waals surface area contributed by atoms with Gasteiger partial charge in [-0.25, -0.2) is 8.78 Å². The van der Waals surface area contributed by atoms with E-state index in [9.17, 15) is 8.78 Å². The Morgan fingerprint density at radius 3 is 1.95 bits per heavy atom. The van der Waals surface area contributed by atoms with Crippen molar-refractivity contribution in [3.05, 3.63) is 71.3 Å². The highest BCUT2D eigenvalue weighted by atomic mass is 19.1. The fraction of sp³-hybridized carbons (Fsp3) is 0.294. The lowest BCUT2D eigenvalue weighted by molar-refractivity contribution is 0.240. The molecular formula is C17H20F2N2. The molecule has 2 nitrogen and oxygen atoms in total. The van der Waals surface area contributed by atoms with Crippen LogP contribution in [0.4, 0.5) is 8.78 Å². The Labute approximate surface area is 124 Å². The highest BCUT2D eigenvalue weighted by Crippen LogP contribution is 2.24. The summed E-state index contributed by atoms with van der Waals surface area (Å²) in [6.07, 6.45) is 0. The van der Waals surface area contributed by atoms with Crippen molar-refractivity contribution in [3.8, 4) is 0 Å². The normalized spacial score (nSPS) is 14.2. The molecule has 4 heteroatoms. The highest BCUT2D eigenvalue weighted by Gasteiger charge is 2.19. The predicted molar refractivity (Wildman–Crippen MR) is 80.8 cm³/mol. The molecule has 2 atom stereocenters. The number of rotatable bonds is 5. The summed E-state index contributed by atoms with van der Waals surface area (Å²) < 4.78 is 27.5. The summed E-state index contributed by atoms with van der Waals surface area (Å²) in [5, 5.41) is 0. The lowest BCUT2D eigenvalue weighted by atomic mass is 10.0. The molecule has 0 spiro atoms. The number of benzene rings is 2. The maximum absolute atomic E-state index is 13.8. The van der Waals surface area contributed by atoms with Gasteiger partial charge in [0.1, 0.15) is 11.6 Å². The number of nitrogens with zero attached hydrogens (tertiary/aromatic N) is 1. The summed E-state index contributed by atoms with van der Waals surface area (Å²) in [6.45, 7) is 2.35. The van der Waals surface area contributed by atoms with E-state index >= 15 is 0 Å². The highest BCUT2D eigenvalue weighted by molar-refractivity contribution is 5.23. The van der Waals surface area contributed by atoms with Crippen LogP contribution in [0.1, 0.15) is 30.1 Å².